The van der Waals surface area contributed by atoms with Gasteiger partial charge in [-0.3, -0.25) is 4.79 Å². The summed E-state index contributed by atoms with van der Waals surface area (Å²) < 4.78 is 33.3. The predicted molar refractivity (Wildman–Crippen MR) is 116 cm³/mol. The summed E-state index contributed by atoms with van der Waals surface area (Å²) in [5.41, 5.74) is 1.84. The average molecular weight is 452 g/mol. The first-order valence-corrected chi connectivity index (χ1v) is 10.8. The molecular formula is C25H24O8. The largest absolute Gasteiger partial charge is 0.462 e. The lowest BCUT2D eigenvalue weighted by Gasteiger charge is -2.23. The first-order chi connectivity index (χ1) is 16.0. The molecule has 172 valence electrons. The van der Waals surface area contributed by atoms with Gasteiger partial charge in [0.15, 0.2) is 28.8 Å². The summed E-state index contributed by atoms with van der Waals surface area (Å²) >= 11 is 0. The fraction of sp³-hybridized carbons (Fsp3) is 0.360. The maximum absolute atomic E-state index is 13.5. The minimum absolute atomic E-state index is 0.0457. The molecule has 3 atom stereocenters. The fourth-order valence-electron chi connectivity index (χ4n) is 4.24. The normalized spacial score (nSPS) is 23.0. The Morgan fingerprint density at radius 1 is 0.970 bits per heavy atom. The zero-order valence-electron chi connectivity index (χ0n) is 18.4. The summed E-state index contributed by atoms with van der Waals surface area (Å²) in [6, 6.07) is 10.7. The van der Waals surface area contributed by atoms with Crippen LogP contribution in [-0.4, -0.2) is 38.6 Å². The van der Waals surface area contributed by atoms with Crippen molar-refractivity contribution in [3.05, 3.63) is 59.2 Å². The molecule has 0 aromatic heterocycles. The number of hydrogen-bond donors (Lipinski definition) is 0. The van der Waals surface area contributed by atoms with Crippen LogP contribution >= 0.6 is 0 Å². The van der Waals surface area contributed by atoms with Crippen LogP contribution in [0, 0.1) is 11.8 Å². The second kappa shape index (κ2) is 8.78. The van der Waals surface area contributed by atoms with Gasteiger partial charge in [-0.2, -0.15) is 0 Å². The summed E-state index contributed by atoms with van der Waals surface area (Å²) in [6.45, 7) is 4.02. The van der Waals surface area contributed by atoms with E-state index in [4.69, 9.17) is 28.4 Å². The molecule has 1 fully saturated rings. The van der Waals surface area contributed by atoms with E-state index in [-0.39, 0.29) is 38.5 Å². The van der Waals surface area contributed by atoms with Gasteiger partial charge in [0, 0.05) is 17.1 Å². The minimum Gasteiger partial charge on any atom is -0.462 e. The van der Waals surface area contributed by atoms with Crippen molar-refractivity contribution in [1.82, 2.24) is 0 Å². The fourth-order valence-corrected chi connectivity index (χ4v) is 4.24. The molecule has 3 aliphatic heterocycles. The number of carbonyl (C=O) groups is 2. The molecule has 0 N–H and O–H groups in total. The van der Waals surface area contributed by atoms with E-state index in [1.807, 2.05) is 18.2 Å². The minimum atomic E-state index is -0.500. The third kappa shape index (κ3) is 4.02. The second-order valence-electron chi connectivity index (χ2n) is 8.14. The van der Waals surface area contributed by atoms with Crippen molar-refractivity contribution >= 4 is 11.8 Å². The number of Topliss-reactive ketones (excluding diaryl/α,β-unsaturated/α-hetero) is 1. The van der Waals surface area contributed by atoms with E-state index in [0.717, 1.165) is 5.56 Å². The first kappa shape index (κ1) is 21.3. The highest BCUT2D eigenvalue weighted by molar-refractivity contribution is 5.99. The number of hydrogen-bond acceptors (Lipinski definition) is 8. The molecule has 0 amide bonds. The van der Waals surface area contributed by atoms with Gasteiger partial charge in [-0.05, 0) is 49.7 Å². The molecule has 0 bridgehead atoms. The molecule has 5 rings (SSSR count). The maximum atomic E-state index is 13.5. The first-order valence-electron chi connectivity index (χ1n) is 10.8. The van der Waals surface area contributed by atoms with Gasteiger partial charge in [0.1, 0.15) is 0 Å². The van der Waals surface area contributed by atoms with E-state index in [2.05, 4.69) is 0 Å². The molecule has 2 aromatic carbocycles. The Labute approximate surface area is 191 Å². The van der Waals surface area contributed by atoms with E-state index < -0.39 is 18.0 Å². The standard InChI is InChI=1S/C25H24O8/c1-3-14(2)25(27)29-11-18-17(23(26)15-4-6-19-21(8-15)32-12-30-19)10-28-24(18)16-5-7-20-22(9-16)33-13-31-20/h3-9,17-18,24H,10-13H2,1-2H3/b14-3-/t17-,18-,24+/m0/s1. The summed E-state index contributed by atoms with van der Waals surface area (Å²) in [7, 11) is 0. The summed E-state index contributed by atoms with van der Waals surface area (Å²) in [6.07, 6.45) is 1.25. The summed E-state index contributed by atoms with van der Waals surface area (Å²) in [4.78, 5) is 25.8. The van der Waals surface area contributed by atoms with Gasteiger partial charge in [-0.25, -0.2) is 4.79 Å². The Morgan fingerprint density at radius 3 is 2.36 bits per heavy atom. The molecule has 0 aliphatic carbocycles. The van der Waals surface area contributed by atoms with Crippen molar-refractivity contribution in [3.8, 4) is 23.0 Å². The Bertz CT molecular complexity index is 1120. The van der Waals surface area contributed by atoms with Crippen LogP contribution in [-0.2, 0) is 14.3 Å². The maximum Gasteiger partial charge on any atom is 0.333 e. The Hall–Kier alpha value is -3.52. The molecule has 3 heterocycles. The van der Waals surface area contributed by atoms with E-state index in [1.54, 1.807) is 38.1 Å². The molecule has 0 unspecified atom stereocenters. The zero-order valence-corrected chi connectivity index (χ0v) is 18.4. The van der Waals surface area contributed by atoms with Crippen molar-refractivity contribution in [2.45, 2.75) is 20.0 Å². The molecule has 3 aliphatic rings. The summed E-state index contributed by atoms with van der Waals surface area (Å²) in [5.74, 6) is 1.05. The molecule has 8 nitrogen and oxygen atoms in total. The molecule has 33 heavy (non-hydrogen) atoms. The van der Waals surface area contributed by atoms with Gasteiger partial charge in [-0.1, -0.05) is 12.1 Å². The summed E-state index contributed by atoms with van der Waals surface area (Å²) in [5, 5.41) is 0. The number of esters is 1. The Morgan fingerprint density at radius 2 is 1.64 bits per heavy atom. The van der Waals surface area contributed by atoms with Crippen LogP contribution in [0.3, 0.4) is 0 Å². The molecule has 0 spiro atoms. The van der Waals surface area contributed by atoms with Crippen LogP contribution in [0.25, 0.3) is 0 Å². The average Bonchev–Trinajstić information content (AvgIpc) is 3.59. The highest BCUT2D eigenvalue weighted by atomic mass is 16.7. The third-order valence-electron chi connectivity index (χ3n) is 6.24. The number of benzene rings is 2. The number of fused-ring (bicyclic) bond motifs is 2. The predicted octanol–water partition coefficient (Wildman–Crippen LogP) is 3.84. The smallest absolute Gasteiger partial charge is 0.333 e. The molecule has 2 aromatic rings. The van der Waals surface area contributed by atoms with E-state index in [0.29, 0.717) is 34.1 Å². The van der Waals surface area contributed by atoms with Gasteiger partial charge in [0.25, 0.3) is 0 Å². The molecular weight excluding hydrogens is 428 g/mol. The number of ketones is 1. The van der Waals surface area contributed by atoms with E-state index >= 15 is 0 Å². The van der Waals surface area contributed by atoms with Crippen LogP contribution in [0.5, 0.6) is 23.0 Å². The van der Waals surface area contributed by atoms with Gasteiger partial charge in [-0.15, -0.1) is 0 Å². The van der Waals surface area contributed by atoms with Crippen LogP contribution in [0.4, 0.5) is 0 Å². The molecule has 1 saturated heterocycles. The van der Waals surface area contributed by atoms with Crippen molar-refractivity contribution in [1.29, 1.82) is 0 Å². The molecule has 8 heteroatoms. The Kier molecular flexibility index (Phi) is 5.68. The SMILES string of the molecule is C/C=C(/C)C(=O)OC[C@H]1[C@@H](C(=O)c2ccc3c(c2)OCO3)CO[C@@H]1c1ccc2c(c1)OCO2. The number of rotatable bonds is 6. The van der Waals surface area contributed by atoms with E-state index in [1.165, 1.54) is 0 Å². The molecule has 0 radical (unpaired) electrons. The monoisotopic (exact) mass is 452 g/mol. The quantitative estimate of drug-likeness (QED) is 0.371. The van der Waals surface area contributed by atoms with Crippen molar-refractivity contribution in [3.63, 3.8) is 0 Å². The van der Waals surface area contributed by atoms with Crippen LogP contribution in [0.2, 0.25) is 0 Å². The third-order valence-corrected chi connectivity index (χ3v) is 6.24. The van der Waals surface area contributed by atoms with Gasteiger partial charge in [0.05, 0.1) is 25.2 Å². The number of ether oxygens (including phenoxy) is 6. The van der Waals surface area contributed by atoms with Gasteiger partial charge in [0.2, 0.25) is 13.6 Å². The lowest BCUT2D eigenvalue weighted by atomic mass is 9.83. The highest BCUT2D eigenvalue weighted by Gasteiger charge is 2.43. The van der Waals surface area contributed by atoms with Crippen LogP contribution in [0.15, 0.2) is 48.0 Å². The number of carbonyl (C=O) groups excluding carboxylic acids is 2. The van der Waals surface area contributed by atoms with Crippen molar-refractivity contribution < 1.29 is 38.0 Å². The topological polar surface area (TPSA) is 89.5 Å². The lowest BCUT2D eigenvalue weighted by Crippen LogP contribution is -2.28. The number of allylic oxidation sites excluding steroid dienone is 1. The highest BCUT2D eigenvalue weighted by Crippen LogP contribution is 2.44. The van der Waals surface area contributed by atoms with E-state index in [9.17, 15) is 9.59 Å². The van der Waals surface area contributed by atoms with Crippen LogP contribution < -0.4 is 18.9 Å². The van der Waals surface area contributed by atoms with Crippen LogP contribution in [0.1, 0.15) is 35.9 Å². The molecule has 0 saturated carbocycles. The van der Waals surface area contributed by atoms with Gasteiger partial charge >= 0.3 is 5.97 Å². The lowest BCUT2D eigenvalue weighted by molar-refractivity contribution is -0.141. The second-order valence-corrected chi connectivity index (χ2v) is 8.14. The Balaban J connectivity index is 1.42. The van der Waals surface area contributed by atoms with Gasteiger partial charge < -0.3 is 28.4 Å². The zero-order chi connectivity index (χ0) is 22.9. The van der Waals surface area contributed by atoms with Crippen molar-refractivity contribution in [2.24, 2.45) is 11.8 Å². The van der Waals surface area contributed by atoms with Crippen molar-refractivity contribution in [2.75, 3.05) is 26.8 Å².